The van der Waals surface area contributed by atoms with Crippen molar-refractivity contribution in [2.45, 2.75) is 63.8 Å². The average Bonchev–Trinajstić information content (AvgIpc) is 3.76. The van der Waals surface area contributed by atoms with Crippen molar-refractivity contribution in [1.29, 1.82) is 0 Å². The van der Waals surface area contributed by atoms with Crippen molar-refractivity contribution in [3.63, 3.8) is 0 Å². The maximum Gasteiger partial charge on any atom is 0.490 e. The Labute approximate surface area is 293 Å². The number of aliphatic carboxylic acids is 1. The van der Waals surface area contributed by atoms with E-state index in [-0.39, 0.29) is 38.0 Å². The average molecular weight is 740 g/mol. The lowest BCUT2D eigenvalue weighted by atomic mass is 10.0. The molecule has 3 atom stereocenters. The van der Waals surface area contributed by atoms with Crippen molar-refractivity contribution in [2.24, 2.45) is 5.73 Å². The van der Waals surface area contributed by atoms with Gasteiger partial charge in [0.2, 0.25) is 17.7 Å². The number of aromatic amines is 1. The fraction of sp³-hybridized carbons (Fsp3) is 0.375. The minimum absolute atomic E-state index is 0.000147. The molecule has 282 valence electrons. The van der Waals surface area contributed by atoms with Crippen molar-refractivity contribution in [3.05, 3.63) is 83.5 Å². The fourth-order valence-corrected chi connectivity index (χ4v) is 4.35. The Bertz CT molecular complexity index is 1690. The molecule has 0 unspecified atom stereocenters. The number of nitrogens with one attached hydrogen (secondary N) is 3. The number of imidazole rings is 1. The van der Waals surface area contributed by atoms with Crippen LogP contribution in [0.2, 0.25) is 0 Å². The molecular formula is C32H37F4N7O9. The highest BCUT2D eigenvalue weighted by Crippen LogP contribution is 2.15. The Hall–Kier alpha value is -6.08. The number of amides is 4. The molecule has 0 aliphatic rings. The van der Waals surface area contributed by atoms with Gasteiger partial charge in [-0.25, -0.2) is 19.0 Å². The Balaban J connectivity index is 0.00000121. The number of carbonyl (C=O) groups is 6. The van der Waals surface area contributed by atoms with Crippen LogP contribution in [-0.4, -0.2) is 98.7 Å². The number of alkyl halides is 3. The number of esters is 1. The first kappa shape index (κ1) is 42.1. The van der Waals surface area contributed by atoms with Gasteiger partial charge in [-0.3, -0.25) is 19.2 Å². The number of hydrogen-bond donors (Lipinski definition) is 5. The number of carbonyl (C=O) groups excluding carboxylic acids is 5. The molecule has 0 fully saturated rings. The van der Waals surface area contributed by atoms with Gasteiger partial charge in [0.1, 0.15) is 23.7 Å². The van der Waals surface area contributed by atoms with E-state index in [1.165, 1.54) is 60.9 Å². The van der Waals surface area contributed by atoms with Crippen LogP contribution in [0.4, 0.5) is 17.6 Å². The molecule has 3 aromatic rings. The van der Waals surface area contributed by atoms with Crippen LogP contribution in [0.5, 0.6) is 0 Å². The zero-order valence-corrected chi connectivity index (χ0v) is 28.1. The second kappa shape index (κ2) is 19.9. The minimum Gasteiger partial charge on any atom is -0.475 e. The summed E-state index contributed by atoms with van der Waals surface area (Å²) in [5, 5.41) is 16.2. The molecule has 0 saturated carbocycles. The highest BCUT2D eigenvalue weighted by molar-refractivity contribution is 5.97. The number of primary amides is 1. The van der Waals surface area contributed by atoms with E-state index in [2.05, 4.69) is 25.8 Å². The van der Waals surface area contributed by atoms with Gasteiger partial charge in [-0.1, -0.05) is 23.4 Å². The third-order valence-electron chi connectivity index (χ3n) is 6.93. The summed E-state index contributed by atoms with van der Waals surface area (Å²) in [5.74, 6) is -6.05. The first-order valence-electron chi connectivity index (χ1n) is 15.4. The minimum atomic E-state index is -5.08. The summed E-state index contributed by atoms with van der Waals surface area (Å²) in [6.45, 7) is 3.39. The SMILES string of the molecule is CCOC(=O)/C=C/[C@H](CCC(N)=O)NC(=O)[C@H](Cc1ccc(F)cc1)N(C)C(=O)[C@H](Cc1cnc[nH]1)NC(=O)c1cc(C)on1.O=C(O)C(F)(F)F. The number of aryl methyl sites for hydroxylation is 1. The Morgan fingerprint density at radius 1 is 1.12 bits per heavy atom. The van der Waals surface area contributed by atoms with Gasteiger partial charge >= 0.3 is 18.1 Å². The molecule has 6 N–H and O–H groups in total. The van der Waals surface area contributed by atoms with Gasteiger partial charge in [-0.15, -0.1) is 0 Å². The number of nitrogens with zero attached hydrogens (tertiary/aromatic N) is 3. The van der Waals surface area contributed by atoms with Crippen molar-refractivity contribution >= 4 is 35.6 Å². The highest BCUT2D eigenvalue weighted by Gasteiger charge is 2.38. The van der Waals surface area contributed by atoms with E-state index in [0.29, 0.717) is 17.0 Å². The summed E-state index contributed by atoms with van der Waals surface area (Å²) in [6, 6.07) is 3.66. The summed E-state index contributed by atoms with van der Waals surface area (Å²) in [5.41, 5.74) is 6.34. The number of H-pyrrole nitrogens is 1. The van der Waals surface area contributed by atoms with Crippen molar-refractivity contribution in [3.8, 4) is 0 Å². The number of halogens is 4. The summed E-state index contributed by atoms with van der Waals surface area (Å²) >= 11 is 0. The van der Waals surface area contributed by atoms with E-state index in [4.69, 9.17) is 24.9 Å². The number of ether oxygens (including phenoxy) is 1. The zero-order chi connectivity index (χ0) is 39.0. The Morgan fingerprint density at radius 3 is 2.29 bits per heavy atom. The quantitative estimate of drug-likeness (QED) is 0.0806. The van der Waals surface area contributed by atoms with Gasteiger partial charge in [0, 0.05) is 56.4 Å². The van der Waals surface area contributed by atoms with Gasteiger partial charge in [0.25, 0.3) is 5.91 Å². The van der Waals surface area contributed by atoms with Crippen molar-refractivity contribution in [1.82, 2.24) is 30.7 Å². The lowest BCUT2D eigenvalue weighted by Gasteiger charge is -2.32. The summed E-state index contributed by atoms with van der Waals surface area (Å²) in [4.78, 5) is 81.1. The van der Waals surface area contributed by atoms with Crippen LogP contribution in [-0.2, 0) is 41.6 Å². The van der Waals surface area contributed by atoms with E-state index in [1.807, 2.05) is 0 Å². The van der Waals surface area contributed by atoms with Crippen LogP contribution in [0, 0.1) is 12.7 Å². The molecule has 16 nitrogen and oxygen atoms in total. The number of likely N-dealkylation sites (N-methyl/N-ethyl adjacent to an activating group) is 1. The topological polar surface area (TPSA) is 240 Å². The van der Waals surface area contributed by atoms with E-state index in [9.17, 15) is 41.5 Å². The normalized spacial score (nSPS) is 12.8. The maximum absolute atomic E-state index is 14.0. The third-order valence-corrected chi connectivity index (χ3v) is 6.93. The molecule has 4 amide bonds. The predicted octanol–water partition coefficient (Wildman–Crippen LogP) is 1.76. The molecular weight excluding hydrogens is 702 g/mol. The monoisotopic (exact) mass is 739 g/mol. The molecule has 0 aliphatic carbocycles. The zero-order valence-electron chi connectivity index (χ0n) is 28.1. The molecule has 0 aliphatic heterocycles. The Morgan fingerprint density at radius 2 is 1.77 bits per heavy atom. The van der Waals surface area contributed by atoms with Gasteiger partial charge in [-0.05, 0) is 38.0 Å². The van der Waals surface area contributed by atoms with Gasteiger partial charge in [0.05, 0.1) is 12.9 Å². The van der Waals surface area contributed by atoms with Crippen LogP contribution < -0.4 is 16.4 Å². The summed E-state index contributed by atoms with van der Waals surface area (Å²) < 4.78 is 55.3. The molecule has 20 heteroatoms. The molecule has 52 heavy (non-hydrogen) atoms. The first-order chi connectivity index (χ1) is 24.4. The molecule has 1 aromatic carbocycles. The summed E-state index contributed by atoms with van der Waals surface area (Å²) in [6.07, 6.45) is 0.255. The maximum atomic E-state index is 14.0. The van der Waals surface area contributed by atoms with E-state index < -0.39 is 65.7 Å². The Kier molecular flexibility index (Phi) is 16.1. The van der Waals surface area contributed by atoms with E-state index in [0.717, 1.165) is 6.08 Å². The van der Waals surface area contributed by atoms with Crippen LogP contribution in [0.1, 0.15) is 47.3 Å². The first-order valence-corrected chi connectivity index (χ1v) is 15.4. The number of aromatic nitrogens is 3. The second-order valence-electron chi connectivity index (χ2n) is 11.0. The third kappa shape index (κ3) is 14.4. The van der Waals surface area contributed by atoms with Crippen LogP contribution in [0.15, 0.2) is 59.5 Å². The number of carboxylic acids is 1. The van der Waals surface area contributed by atoms with E-state index >= 15 is 0 Å². The van der Waals surface area contributed by atoms with Crippen LogP contribution >= 0.6 is 0 Å². The van der Waals surface area contributed by atoms with Gasteiger partial charge in [-0.2, -0.15) is 13.2 Å². The van der Waals surface area contributed by atoms with Crippen LogP contribution in [0.3, 0.4) is 0 Å². The largest absolute Gasteiger partial charge is 0.490 e. The molecule has 0 saturated heterocycles. The molecule has 0 bridgehead atoms. The molecule has 3 rings (SSSR count). The lowest BCUT2D eigenvalue weighted by molar-refractivity contribution is -0.192. The highest BCUT2D eigenvalue weighted by atomic mass is 19.4. The number of benzene rings is 1. The van der Waals surface area contributed by atoms with E-state index in [1.54, 1.807) is 13.8 Å². The number of hydrogen-bond acceptors (Lipinski definition) is 10. The number of rotatable bonds is 16. The molecule has 0 radical (unpaired) electrons. The molecule has 0 spiro atoms. The van der Waals surface area contributed by atoms with Gasteiger partial charge in [0.15, 0.2) is 5.69 Å². The van der Waals surface area contributed by atoms with Gasteiger partial charge < -0.3 is 40.6 Å². The lowest BCUT2D eigenvalue weighted by Crippen LogP contribution is -2.56. The van der Waals surface area contributed by atoms with Crippen LogP contribution in [0.25, 0.3) is 0 Å². The van der Waals surface area contributed by atoms with Crippen molar-refractivity contribution < 1.29 is 60.7 Å². The fourth-order valence-electron chi connectivity index (χ4n) is 4.35. The number of carboxylic acid groups (broad SMARTS) is 1. The molecule has 2 heterocycles. The smallest absolute Gasteiger partial charge is 0.475 e. The predicted molar refractivity (Wildman–Crippen MR) is 171 cm³/mol. The molecule has 2 aromatic heterocycles. The standard InChI is InChI=1S/C30H36FN7O7.C2HF3O2/c1-4-44-27(40)12-10-21(9-11-26(32)39)35-29(42)25(14-19-5-7-20(31)8-6-19)38(3)30(43)24(15-22-16-33-17-34-22)36-28(41)23-13-18(2)45-37-23;3-2(4,5)1(6)7/h5-8,10,12-13,16-17,21,24-25H,4,9,11,14-15H2,1-3H3,(H2,32,39)(H,33,34)(H,35,42)(H,36,41);(H,6,7)/b12-10+;/t21-,24-,25-;/m0./s1. The second-order valence-corrected chi connectivity index (χ2v) is 11.0. The van der Waals surface area contributed by atoms with Crippen molar-refractivity contribution in [2.75, 3.05) is 13.7 Å². The number of nitrogens with two attached hydrogens (primary N) is 1. The summed E-state index contributed by atoms with van der Waals surface area (Å²) in [7, 11) is 1.40.